The molecular formula is C18H25N3O2S. The third kappa shape index (κ3) is 6.28. The number of hydrogen-bond acceptors (Lipinski definition) is 3. The highest BCUT2D eigenvalue weighted by Gasteiger charge is 2.15. The van der Waals surface area contributed by atoms with Crippen LogP contribution < -0.4 is 16.2 Å². The zero-order valence-corrected chi connectivity index (χ0v) is 14.9. The van der Waals surface area contributed by atoms with Gasteiger partial charge in [0, 0.05) is 12.0 Å². The molecule has 0 aromatic heterocycles. The fourth-order valence-corrected chi connectivity index (χ4v) is 3.09. The average molecular weight is 347 g/mol. The van der Waals surface area contributed by atoms with Crippen LogP contribution in [0.4, 0.5) is 0 Å². The number of nitrogens with one attached hydrogen (secondary N) is 3. The molecule has 1 fully saturated rings. The summed E-state index contributed by atoms with van der Waals surface area (Å²) in [5, 5.41) is 2.72. The van der Waals surface area contributed by atoms with Crippen LogP contribution in [0.5, 0.6) is 0 Å². The predicted molar refractivity (Wildman–Crippen MR) is 98.3 cm³/mol. The fourth-order valence-electron chi connectivity index (χ4n) is 2.92. The fraction of sp³-hybridized carbons (Fsp3) is 0.500. The van der Waals surface area contributed by atoms with Gasteiger partial charge in [-0.1, -0.05) is 49.8 Å². The summed E-state index contributed by atoms with van der Waals surface area (Å²) in [7, 11) is 0. The molecule has 1 saturated carbocycles. The Bertz CT molecular complexity index is 580. The van der Waals surface area contributed by atoms with Crippen molar-refractivity contribution in [2.45, 2.75) is 51.9 Å². The molecule has 0 saturated heterocycles. The predicted octanol–water partition coefficient (Wildman–Crippen LogP) is 2.99. The molecule has 1 aliphatic rings. The highest BCUT2D eigenvalue weighted by molar-refractivity contribution is 7.80. The van der Waals surface area contributed by atoms with Gasteiger partial charge in [-0.15, -0.1) is 0 Å². The summed E-state index contributed by atoms with van der Waals surface area (Å²) in [5.74, 6) is 0.253. The summed E-state index contributed by atoms with van der Waals surface area (Å²) >= 11 is 5.03. The van der Waals surface area contributed by atoms with Crippen molar-refractivity contribution in [1.29, 1.82) is 0 Å². The van der Waals surface area contributed by atoms with E-state index in [4.69, 9.17) is 12.2 Å². The van der Waals surface area contributed by atoms with Gasteiger partial charge >= 0.3 is 0 Å². The Hall–Kier alpha value is -1.95. The molecule has 5 nitrogen and oxygen atoms in total. The Morgan fingerprint density at radius 2 is 1.75 bits per heavy atom. The third-order valence-corrected chi connectivity index (χ3v) is 4.56. The van der Waals surface area contributed by atoms with Crippen molar-refractivity contribution in [2.75, 3.05) is 0 Å². The first-order valence-electron chi connectivity index (χ1n) is 8.51. The van der Waals surface area contributed by atoms with Crippen molar-refractivity contribution in [3.8, 4) is 0 Å². The molecule has 1 aromatic carbocycles. The second-order valence-electron chi connectivity index (χ2n) is 6.37. The van der Waals surface area contributed by atoms with Crippen LogP contribution in [0.25, 0.3) is 0 Å². The highest BCUT2D eigenvalue weighted by Crippen LogP contribution is 2.27. The lowest BCUT2D eigenvalue weighted by Crippen LogP contribution is -2.48. The molecule has 130 valence electrons. The van der Waals surface area contributed by atoms with Gasteiger partial charge in [0.1, 0.15) is 0 Å². The van der Waals surface area contributed by atoms with Gasteiger partial charge in [0.15, 0.2) is 5.11 Å². The number of aryl methyl sites for hydroxylation is 1. The van der Waals surface area contributed by atoms with Gasteiger partial charge in [-0.3, -0.25) is 20.4 Å². The molecule has 1 aliphatic carbocycles. The Morgan fingerprint density at radius 1 is 1.08 bits per heavy atom. The number of thiocarbonyl (C=S) groups is 1. The maximum absolute atomic E-state index is 11.9. The van der Waals surface area contributed by atoms with E-state index >= 15 is 0 Å². The number of rotatable bonds is 4. The Morgan fingerprint density at radius 3 is 2.42 bits per heavy atom. The number of amides is 2. The van der Waals surface area contributed by atoms with Crippen molar-refractivity contribution in [2.24, 2.45) is 5.92 Å². The number of hydrogen-bond donors (Lipinski definition) is 3. The minimum atomic E-state index is -0.297. The third-order valence-electron chi connectivity index (χ3n) is 4.36. The van der Waals surface area contributed by atoms with Crippen LogP contribution in [0.1, 0.15) is 60.9 Å². The maximum atomic E-state index is 11.9. The van der Waals surface area contributed by atoms with Gasteiger partial charge in [0.2, 0.25) is 5.91 Å². The summed E-state index contributed by atoms with van der Waals surface area (Å²) in [5.41, 5.74) is 6.66. The molecule has 0 unspecified atom stereocenters. The zero-order valence-electron chi connectivity index (χ0n) is 14.1. The first-order valence-corrected chi connectivity index (χ1v) is 8.92. The Balaban J connectivity index is 1.65. The van der Waals surface area contributed by atoms with Crippen molar-refractivity contribution in [1.82, 2.24) is 16.2 Å². The molecule has 0 atom stereocenters. The smallest absolute Gasteiger partial charge is 0.269 e. The number of carbonyl (C=O) groups is 2. The number of carbonyl (C=O) groups excluding carboxylic acids is 2. The normalized spacial score (nSPS) is 14.7. The summed E-state index contributed by atoms with van der Waals surface area (Å²) in [4.78, 5) is 23.8. The van der Waals surface area contributed by atoms with E-state index in [1.165, 1.54) is 32.1 Å². The van der Waals surface area contributed by atoms with Gasteiger partial charge in [-0.2, -0.15) is 0 Å². The molecule has 0 radical (unpaired) electrons. The van der Waals surface area contributed by atoms with Crippen LogP contribution in [0.3, 0.4) is 0 Å². The highest BCUT2D eigenvalue weighted by atomic mass is 32.1. The molecule has 2 rings (SSSR count). The van der Waals surface area contributed by atoms with Crippen molar-refractivity contribution in [3.05, 3.63) is 35.4 Å². The van der Waals surface area contributed by atoms with Crippen molar-refractivity contribution < 1.29 is 9.59 Å². The molecule has 0 spiro atoms. The second kappa shape index (κ2) is 9.37. The van der Waals surface area contributed by atoms with Gasteiger partial charge in [0.25, 0.3) is 5.91 Å². The molecule has 6 heteroatoms. The SMILES string of the molecule is Cc1ccc(C(=O)NNC(=S)NC(=O)CCC2CCCCC2)cc1. The van der Waals surface area contributed by atoms with Gasteiger partial charge in [0.05, 0.1) is 0 Å². The van der Waals surface area contributed by atoms with E-state index in [1.807, 2.05) is 19.1 Å². The van der Waals surface area contributed by atoms with Crippen LogP contribution in [-0.2, 0) is 4.79 Å². The monoisotopic (exact) mass is 347 g/mol. The summed E-state index contributed by atoms with van der Waals surface area (Å²) in [6, 6.07) is 7.19. The van der Waals surface area contributed by atoms with Gasteiger partial charge < -0.3 is 5.32 Å². The minimum absolute atomic E-state index is 0.109. The molecule has 0 bridgehead atoms. The minimum Gasteiger partial charge on any atom is -0.302 e. The molecule has 2 amide bonds. The first kappa shape index (κ1) is 18.4. The number of benzene rings is 1. The van der Waals surface area contributed by atoms with Gasteiger partial charge in [-0.05, 0) is 43.6 Å². The lowest BCUT2D eigenvalue weighted by atomic mass is 9.86. The van der Waals surface area contributed by atoms with Crippen LogP contribution in [0.2, 0.25) is 0 Å². The van der Waals surface area contributed by atoms with E-state index in [9.17, 15) is 9.59 Å². The Kier molecular flexibility index (Phi) is 7.18. The van der Waals surface area contributed by atoms with Crippen LogP contribution in [-0.4, -0.2) is 16.9 Å². The quantitative estimate of drug-likeness (QED) is 0.578. The van der Waals surface area contributed by atoms with E-state index in [2.05, 4.69) is 16.2 Å². The first-order chi connectivity index (χ1) is 11.5. The van der Waals surface area contributed by atoms with Crippen LogP contribution in [0.15, 0.2) is 24.3 Å². The largest absolute Gasteiger partial charge is 0.302 e. The molecule has 0 aliphatic heterocycles. The molecule has 0 heterocycles. The molecular weight excluding hydrogens is 322 g/mol. The topological polar surface area (TPSA) is 70.2 Å². The van der Waals surface area contributed by atoms with Crippen LogP contribution >= 0.6 is 12.2 Å². The lowest BCUT2D eigenvalue weighted by Gasteiger charge is -2.21. The zero-order chi connectivity index (χ0) is 17.4. The number of hydrazine groups is 1. The molecule has 24 heavy (non-hydrogen) atoms. The molecule has 3 N–H and O–H groups in total. The summed E-state index contributed by atoms with van der Waals surface area (Å²) in [6.07, 6.45) is 7.69. The van der Waals surface area contributed by atoms with E-state index in [0.29, 0.717) is 17.9 Å². The van der Waals surface area contributed by atoms with Crippen LogP contribution in [0, 0.1) is 12.8 Å². The maximum Gasteiger partial charge on any atom is 0.269 e. The lowest BCUT2D eigenvalue weighted by molar-refractivity contribution is -0.120. The average Bonchev–Trinajstić information content (AvgIpc) is 2.59. The van der Waals surface area contributed by atoms with E-state index < -0.39 is 0 Å². The van der Waals surface area contributed by atoms with E-state index in [0.717, 1.165) is 12.0 Å². The van der Waals surface area contributed by atoms with Crippen molar-refractivity contribution in [3.63, 3.8) is 0 Å². The van der Waals surface area contributed by atoms with E-state index in [1.54, 1.807) is 12.1 Å². The van der Waals surface area contributed by atoms with Crippen molar-refractivity contribution >= 4 is 29.1 Å². The molecule has 1 aromatic rings. The second-order valence-corrected chi connectivity index (χ2v) is 6.77. The summed E-state index contributed by atoms with van der Waals surface area (Å²) < 4.78 is 0. The van der Waals surface area contributed by atoms with E-state index in [-0.39, 0.29) is 16.9 Å². The Labute approximate surface area is 148 Å². The standard InChI is InChI=1S/C18H25N3O2S/c1-13-7-10-15(11-8-13)17(23)20-21-18(24)19-16(22)12-9-14-5-3-2-4-6-14/h7-8,10-11,14H,2-6,9,12H2,1H3,(H,20,23)(H2,19,21,22,24). The van der Waals surface area contributed by atoms with Gasteiger partial charge in [-0.25, -0.2) is 0 Å². The summed E-state index contributed by atoms with van der Waals surface area (Å²) in [6.45, 7) is 1.96.